The Balaban J connectivity index is 1.42. The molecule has 4 nitrogen and oxygen atoms in total. The van der Waals surface area contributed by atoms with Crippen molar-refractivity contribution in [3.63, 3.8) is 0 Å². The minimum absolute atomic E-state index is 0.819. The van der Waals surface area contributed by atoms with Crippen LogP contribution in [-0.2, 0) is 0 Å². The van der Waals surface area contributed by atoms with Crippen LogP contribution in [0.15, 0.2) is 118 Å². The molecule has 0 saturated carbocycles. The first-order valence-corrected chi connectivity index (χ1v) is 13.1. The number of para-hydroxylation sites is 8. The molecule has 0 unspecified atom stereocenters. The van der Waals surface area contributed by atoms with Gasteiger partial charge in [0.2, 0.25) is 0 Å². The lowest BCUT2D eigenvalue weighted by Gasteiger charge is -2.35. The number of anilines is 6. The van der Waals surface area contributed by atoms with Crippen LogP contribution >= 0.6 is 31.9 Å². The lowest BCUT2D eigenvalue weighted by molar-refractivity contribution is 0.476. The van der Waals surface area contributed by atoms with Crippen molar-refractivity contribution < 1.29 is 9.47 Å². The zero-order chi connectivity index (χ0) is 24.2. The van der Waals surface area contributed by atoms with Crippen LogP contribution in [0, 0.1) is 0 Å². The molecule has 0 aromatic heterocycles. The number of nitrogens with zero attached hydrogens (tertiary/aromatic N) is 2. The summed E-state index contributed by atoms with van der Waals surface area (Å²) >= 11 is 7.81. The molecule has 0 aliphatic carbocycles. The van der Waals surface area contributed by atoms with Gasteiger partial charge in [-0.3, -0.25) is 0 Å². The third-order valence-electron chi connectivity index (χ3n) is 6.36. The summed E-state index contributed by atoms with van der Waals surface area (Å²) in [5.41, 5.74) is 5.95. The molecule has 0 saturated heterocycles. The molecule has 36 heavy (non-hydrogen) atoms. The first-order chi connectivity index (χ1) is 17.7. The second kappa shape index (κ2) is 8.43. The normalized spacial score (nSPS) is 13.1. The van der Waals surface area contributed by atoms with E-state index in [4.69, 9.17) is 9.47 Å². The van der Waals surface area contributed by atoms with E-state index in [9.17, 15) is 0 Å². The van der Waals surface area contributed by atoms with Crippen LogP contribution in [0.3, 0.4) is 0 Å². The van der Waals surface area contributed by atoms with E-state index in [0.717, 1.165) is 66.1 Å². The van der Waals surface area contributed by atoms with E-state index in [1.54, 1.807) is 0 Å². The summed E-state index contributed by atoms with van der Waals surface area (Å²) in [5.74, 6) is 3.28. The highest BCUT2D eigenvalue weighted by molar-refractivity contribution is 9.11. The average molecular weight is 598 g/mol. The van der Waals surface area contributed by atoms with Gasteiger partial charge in [-0.05, 0) is 92.5 Å². The number of hydrogen-bond donors (Lipinski definition) is 0. The average Bonchev–Trinajstić information content (AvgIpc) is 2.92. The monoisotopic (exact) mass is 596 g/mol. The van der Waals surface area contributed by atoms with E-state index in [1.165, 1.54) is 0 Å². The predicted molar refractivity (Wildman–Crippen MR) is 151 cm³/mol. The molecule has 2 aliphatic rings. The van der Waals surface area contributed by atoms with Gasteiger partial charge in [0.15, 0.2) is 23.0 Å². The zero-order valence-corrected chi connectivity index (χ0v) is 22.0. The van der Waals surface area contributed by atoms with E-state index in [2.05, 4.69) is 78.1 Å². The highest BCUT2D eigenvalue weighted by Crippen LogP contribution is 2.55. The minimum atomic E-state index is 0.819. The first kappa shape index (κ1) is 21.5. The Morgan fingerprint density at radius 2 is 0.667 bits per heavy atom. The van der Waals surface area contributed by atoms with Crippen LogP contribution in [0.25, 0.3) is 0 Å². The summed E-state index contributed by atoms with van der Waals surface area (Å²) in [6.07, 6.45) is 0. The van der Waals surface area contributed by atoms with Crippen molar-refractivity contribution in [1.82, 2.24) is 0 Å². The molecule has 174 valence electrons. The molecule has 2 aliphatic heterocycles. The molecular formula is C30H18Br2N2O2. The van der Waals surface area contributed by atoms with Crippen LogP contribution in [0.4, 0.5) is 34.1 Å². The Morgan fingerprint density at radius 3 is 0.972 bits per heavy atom. The molecule has 0 amide bonds. The van der Waals surface area contributed by atoms with Crippen molar-refractivity contribution in [2.45, 2.75) is 0 Å². The van der Waals surface area contributed by atoms with Crippen LogP contribution in [0.5, 0.6) is 23.0 Å². The smallest absolute Gasteiger partial charge is 0.151 e. The van der Waals surface area contributed by atoms with Gasteiger partial charge in [-0.25, -0.2) is 0 Å². The molecule has 7 rings (SSSR count). The van der Waals surface area contributed by atoms with Gasteiger partial charge in [0.25, 0.3) is 0 Å². The molecule has 0 atom stereocenters. The van der Waals surface area contributed by atoms with E-state index in [-0.39, 0.29) is 0 Å². The van der Waals surface area contributed by atoms with Gasteiger partial charge in [0.05, 0.1) is 34.1 Å². The standard InChI is InChI=1S/C30H18Br2N2O2/c31-19-18-26(34-23-11-3-7-15-29(23)36-30-16-8-4-12-24(30)34)20(32)17-25(19)33-21-9-1-5-13-27(21)35-28-14-6-2-10-22(28)33/h1-18H. The lowest BCUT2D eigenvalue weighted by atomic mass is 10.1. The number of fused-ring (bicyclic) bond motifs is 4. The van der Waals surface area contributed by atoms with E-state index < -0.39 is 0 Å². The minimum Gasteiger partial charge on any atom is -0.453 e. The molecule has 0 spiro atoms. The fourth-order valence-corrected chi connectivity index (χ4v) is 5.81. The Bertz CT molecular complexity index is 1440. The lowest BCUT2D eigenvalue weighted by Crippen LogP contribution is -2.18. The third-order valence-corrected chi connectivity index (χ3v) is 7.63. The molecule has 0 radical (unpaired) electrons. The number of halogens is 2. The summed E-state index contributed by atoms with van der Waals surface area (Å²) in [7, 11) is 0. The highest BCUT2D eigenvalue weighted by Gasteiger charge is 2.30. The predicted octanol–water partition coefficient (Wildman–Crippen LogP) is 10.4. The van der Waals surface area contributed by atoms with Crippen molar-refractivity contribution in [3.05, 3.63) is 118 Å². The largest absolute Gasteiger partial charge is 0.453 e. The number of ether oxygens (including phenoxy) is 2. The van der Waals surface area contributed by atoms with E-state index in [0.29, 0.717) is 0 Å². The zero-order valence-electron chi connectivity index (χ0n) is 18.9. The van der Waals surface area contributed by atoms with Gasteiger partial charge in [-0.15, -0.1) is 0 Å². The Morgan fingerprint density at radius 1 is 0.389 bits per heavy atom. The fraction of sp³-hybridized carbons (Fsp3) is 0. The van der Waals surface area contributed by atoms with Gasteiger partial charge in [0.1, 0.15) is 0 Å². The molecule has 2 heterocycles. The Labute approximate surface area is 225 Å². The van der Waals surface area contributed by atoms with Crippen molar-refractivity contribution >= 4 is 66.0 Å². The molecular weight excluding hydrogens is 580 g/mol. The summed E-state index contributed by atoms with van der Waals surface area (Å²) < 4.78 is 14.3. The number of rotatable bonds is 2. The van der Waals surface area contributed by atoms with Crippen molar-refractivity contribution in [2.75, 3.05) is 9.80 Å². The van der Waals surface area contributed by atoms with Crippen molar-refractivity contribution in [3.8, 4) is 23.0 Å². The first-order valence-electron chi connectivity index (χ1n) is 11.5. The maximum Gasteiger partial charge on any atom is 0.151 e. The third kappa shape index (κ3) is 3.33. The van der Waals surface area contributed by atoms with Crippen LogP contribution in [0.1, 0.15) is 0 Å². The SMILES string of the molecule is Brc1cc(N2c3ccccc3Oc3ccccc32)c(Br)cc1N1c2ccccc2Oc2ccccc21. The van der Waals surface area contributed by atoms with Crippen molar-refractivity contribution in [1.29, 1.82) is 0 Å². The molecule has 5 aromatic rings. The second-order valence-electron chi connectivity index (χ2n) is 8.50. The molecule has 5 aromatic carbocycles. The Hall–Kier alpha value is -3.74. The molecule has 6 heteroatoms. The van der Waals surface area contributed by atoms with Crippen LogP contribution in [0.2, 0.25) is 0 Å². The summed E-state index contributed by atoms with van der Waals surface area (Å²) in [5, 5.41) is 0. The number of hydrogen-bond acceptors (Lipinski definition) is 4. The molecule has 0 N–H and O–H groups in total. The van der Waals surface area contributed by atoms with E-state index >= 15 is 0 Å². The Kier molecular flexibility index (Phi) is 5.04. The van der Waals surface area contributed by atoms with Gasteiger partial charge >= 0.3 is 0 Å². The quantitative estimate of drug-likeness (QED) is 0.198. The summed E-state index contributed by atoms with van der Waals surface area (Å²) in [6.45, 7) is 0. The van der Waals surface area contributed by atoms with E-state index in [1.807, 2.05) is 72.8 Å². The molecule has 0 bridgehead atoms. The topological polar surface area (TPSA) is 24.9 Å². The van der Waals surface area contributed by atoms with Crippen LogP contribution < -0.4 is 19.3 Å². The van der Waals surface area contributed by atoms with Crippen molar-refractivity contribution in [2.24, 2.45) is 0 Å². The van der Waals surface area contributed by atoms with Gasteiger partial charge in [-0.2, -0.15) is 0 Å². The fourth-order valence-electron chi connectivity index (χ4n) is 4.80. The summed E-state index contributed by atoms with van der Waals surface area (Å²) in [4.78, 5) is 4.46. The maximum absolute atomic E-state index is 6.21. The maximum atomic E-state index is 6.21. The second-order valence-corrected chi connectivity index (χ2v) is 10.2. The molecule has 0 fully saturated rings. The number of benzene rings is 5. The highest BCUT2D eigenvalue weighted by atomic mass is 79.9. The summed E-state index contributed by atoms with van der Waals surface area (Å²) in [6, 6.07) is 36.7. The van der Waals surface area contributed by atoms with Gasteiger partial charge in [-0.1, -0.05) is 48.5 Å². The van der Waals surface area contributed by atoms with Gasteiger partial charge in [0, 0.05) is 8.95 Å². The van der Waals surface area contributed by atoms with Gasteiger partial charge < -0.3 is 19.3 Å². The van der Waals surface area contributed by atoms with Crippen LogP contribution in [-0.4, -0.2) is 0 Å².